The zero-order valence-corrected chi connectivity index (χ0v) is 15.4. The minimum absolute atomic E-state index is 0.0376. The van der Waals surface area contributed by atoms with Gasteiger partial charge < -0.3 is 20.8 Å². The lowest BCUT2D eigenvalue weighted by atomic mass is 9.68. The minimum Gasteiger partial charge on any atom is -0.477 e. The van der Waals surface area contributed by atoms with Crippen molar-refractivity contribution < 1.29 is 33.0 Å². The molecule has 26 heavy (non-hydrogen) atoms. The topological polar surface area (TPSA) is 118 Å². The molecule has 0 bridgehead atoms. The van der Waals surface area contributed by atoms with Crippen molar-refractivity contribution in [2.24, 2.45) is 22.2 Å². The number of rotatable bonds is 6. The summed E-state index contributed by atoms with van der Waals surface area (Å²) in [6.45, 7) is 2.02. The lowest BCUT2D eigenvalue weighted by molar-refractivity contribution is -0.272. The molecule has 144 valence electrons. The van der Waals surface area contributed by atoms with Gasteiger partial charge in [0.05, 0.1) is 9.89 Å². The Kier molecular flexibility index (Phi) is 5.15. The molecule has 0 aliphatic heterocycles. The molecule has 1 aliphatic rings. The van der Waals surface area contributed by atoms with Gasteiger partial charge in [0, 0.05) is 12.3 Å². The highest BCUT2D eigenvalue weighted by Gasteiger charge is 2.70. The molecule has 4 N–H and O–H groups in total. The lowest BCUT2D eigenvalue weighted by Crippen LogP contribution is -2.64. The average molecular weight is 440 g/mol. The molecule has 0 saturated heterocycles. The first-order valence-corrected chi connectivity index (χ1v) is 8.30. The van der Waals surface area contributed by atoms with Crippen molar-refractivity contribution in [1.29, 1.82) is 0 Å². The summed E-state index contributed by atoms with van der Waals surface area (Å²) in [7, 11) is 0. The molecule has 1 saturated carbocycles. The summed E-state index contributed by atoms with van der Waals surface area (Å²) in [4.78, 5) is 14.7. The van der Waals surface area contributed by atoms with Crippen LogP contribution in [0.5, 0.6) is 5.75 Å². The van der Waals surface area contributed by atoms with E-state index in [4.69, 9.17) is 20.8 Å². The van der Waals surface area contributed by atoms with E-state index < -0.39 is 40.6 Å². The van der Waals surface area contributed by atoms with Crippen molar-refractivity contribution in [3.8, 4) is 5.75 Å². The Balaban J connectivity index is 2.62. The first kappa shape index (κ1) is 20.3. The molecule has 1 fully saturated rings. The standard InChI is InChI=1S/C15H17BrF3N3O4/c1-13(7-3-4-7,12(20)22-25)14(2,15(17,18)19)26-10-5-9(11(23)24)21-6-8(10)16/h5-7,25H,3-4H2,1-2H3,(H2,20,22)(H,23,24)/t13?,14-/m0/s1. The molecule has 11 heteroatoms. The molecule has 0 amide bonds. The Morgan fingerprint density at radius 3 is 2.42 bits per heavy atom. The summed E-state index contributed by atoms with van der Waals surface area (Å²) in [5, 5.41) is 20.9. The van der Waals surface area contributed by atoms with Crippen LogP contribution in [0.4, 0.5) is 13.2 Å². The van der Waals surface area contributed by atoms with Crippen LogP contribution in [0.15, 0.2) is 21.9 Å². The molecular formula is C15H17BrF3N3O4. The van der Waals surface area contributed by atoms with Crippen LogP contribution in [-0.2, 0) is 0 Å². The number of carboxylic acid groups (broad SMARTS) is 1. The van der Waals surface area contributed by atoms with Gasteiger partial charge >= 0.3 is 12.1 Å². The summed E-state index contributed by atoms with van der Waals surface area (Å²) in [5.41, 5.74) is 0.404. The fourth-order valence-electron chi connectivity index (χ4n) is 2.90. The number of hydrogen-bond acceptors (Lipinski definition) is 5. The van der Waals surface area contributed by atoms with E-state index in [1.54, 1.807) is 0 Å². The van der Waals surface area contributed by atoms with E-state index in [0.29, 0.717) is 12.8 Å². The second-order valence-corrected chi connectivity index (χ2v) is 7.25. The molecule has 0 aromatic carbocycles. The number of carboxylic acids is 1. The van der Waals surface area contributed by atoms with Crippen molar-refractivity contribution in [3.05, 3.63) is 22.4 Å². The first-order chi connectivity index (χ1) is 11.9. The zero-order chi connectivity index (χ0) is 19.9. The van der Waals surface area contributed by atoms with Crippen LogP contribution in [0.25, 0.3) is 0 Å². The Labute approximate surface area is 155 Å². The lowest BCUT2D eigenvalue weighted by Gasteiger charge is -2.46. The smallest absolute Gasteiger partial charge is 0.428 e. The van der Waals surface area contributed by atoms with Gasteiger partial charge in [0.1, 0.15) is 11.6 Å². The summed E-state index contributed by atoms with van der Waals surface area (Å²) in [6, 6.07) is 0.885. The van der Waals surface area contributed by atoms with E-state index in [0.717, 1.165) is 19.2 Å². The molecule has 0 spiro atoms. The minimum atomic E-state index is -4.91. The van der Waals surface area contributed by atoms with E-state index in [1.807, 2.05) is 0 Å². The number of hydrogen-bond donors (Lipinski definition) is 3. The number of aromatic carboxylic acids is 1. The second-order valence-electron chi connectivity index (χ2n) is 6.40. The first-order valence-electron chi connectivity index (χ1n) is 7.51. The Morgan fingerprint density at radius 1 is 1.42 bits per heavy atom. The van der Waals surface area contributed by atoms with Gasteiger partial charge in [-0.25, -0.2) is 9.78 Å². The van der Waals surface area contributed by atoms with Gasteiger partial charge in [-0.1, -0.05) is 5.16 Å². The summed E-state index contributed by atoms with van der Waals surface area (Å²) < 4.78 is 47.7. The van der Waals surface area contributed by atoms with Crippen molar-refractivity contribution in [2.75, 3.05) is 0 Å². The van der Waals surface area contributed by atoms with E-state index in [-0.39, 0.29) is 10.2 Å². The quantitative estimate of drug-likeness (QED) is 0.270. The van der Waals surface area contributed by atoms with Crippen LogP contribution < -0.4 is 10.5 Å². The summed E-state index contributed by atoms with van der Waals surface area (Å²) >= 11 is 3.01. The van der Waals surface area contributed by atoms with E-state index >= 15 is 0 Å². The Bertz CT molecular complexity index is 754. The highest BCUT2D eigenvalue weighted by atomic mass is 79.9. The van der Waals surface area contributed by atoms with Crippen molar-refractivity contribution in [3.63, 3.8) is 0 Å². The molecule has 7 nitrogen and oxygen atoms in total. The summed E-state index contributed by atoms with van der Waals surface area (Å²) in [5.74, 6) is -2.90. The number of halogens is 4. The third-order valence-corrected chi connectivity index (χ3v) is 5.51. The van der Waals surface area contributed by atoms with Gasteiger partial charge in [-0.3, -0.25) is 0 Å². The number of aromatic nitrogens is 1. The molecule has 1 aromatic heterocycles. The molecule has 1 heterocycles. The number of nitrogens with zero attached hydrogens (tertiary/aromatic N) is 2. The van der Waals surface area contributed by atoms with Crippen molar-refractivity contribution in [1.82, 2.24) is 4.98 Å². The van der Waals surface area contributed by atoms with Crippen LogP contribution in [0.2, 0.25) is 0 Å². The van der Waals surface area contributed by atoms with Crippen molar-refractivity contribution in [2.45, 2.75) is 38.5 Å². The number of ether oxygens (including phenoxy) is 1. The van der Waals surface area contributed by atoms with Crippen molar-refractivity contribution >= 4 is 27.7 Å². The molecule has 1 aromatic rings. The van der Waals surface area contributed by atoms with Crippen LogP contribution in [0.3, 0.4) is 0 Å². The molecular weight excluding hydrogens is 423 g/mol. The SMILES string of the molecule is CC(C(N)=NO)(C1CC1)[C@](C)(Oc1cc(C(=O)O)ncc1Br)C(F)(F)F. The molecule has 1 unspecified atom stereocenters. The second kappa shape index (κ2) is 6.60. The number of nitrogens with two attached hydrogens (primary N) is 1. The highest BCUT2D eigenvalue weighted by molar-refractivity contribution is 9.10. The van der Waals surface area contributed by atoms with Gasteiger partial charge in [0.25, 0.3) is 0 Å². The van der Waals surface area contributed by atoms with Crippen LogP contribution in [0.1, 0.15) is 37.2 Å². The number of alkyl halides is 3. The maximum absolute atomic E-state index is 14.1. The average Bonchev–Trinajstić information content (AvgIpc) is 3.38. The maximum atomic E-state index is 14.1. The van der Waals surface area contributed by atoms with Gasteiger partial charge in [-0.15, -0.1) is 0 Å². The normalized spacial score (nSPS) is 20.2. The van der Waals surface area contributed by atoms with Gasteiger partial charge in [-0.05, 0) is 48.5 Å². The predicted molar refractivity (Wildman–Crippen MR) is 88.2 cm³/mol. The van der Waals surface area contributed by atoms with Crippen LogP contribution in [0, 0.1) is 11.3 Å². The van der Waals surface area contributed by atoms with Crippen LogP contribution in [-0.4, -0.2) is 38.9 Å². The number of oxime groups is 1. The van der Waals surface area contributed by atoms with Gasteiger partial charge in [-0.2, -0.15) is 13.2 Å². The fourth-order valence-corrected chi connectivity index (χ4v) is 3.20. The summed E-state index contributed by atoms with van der Waals surface area (Å²) in [6.07, 6.45) is -2.96. The number of carbonyl (C=O) groups is 1. The largest absolute Gasteiger partial charge is 0.477 e. The molecule has 0 radical (unpaired) electrons. The Morgan fingerprint density at radius 2 is 2.00 bits per heavy atom. The number of amidine groups is 1. The number of pyridine rings is 1. The Hall–Kier alpha value is -2.04. The zero-order valence-electron chi connectivity index (χ0n) is 13.8. The van der Waals surface area contributed by atoms with E-state index in [1.165, 1.54) is 6.92 Å². The molecule has 2 atom stereocenters. The monoisotopic (exact) mass is 439 g/mol. The third kappa shape index (κ3) is 3.19. The van der Waals surface area contributed by atoms with Gasteiger partial charge in [0.15, 0.2) is 5.69 Å². The highest BCUT2D eigenvalue weighted by Crippen LogP contribution is 2.58. The third-order valence-electron chi connectivity index (χ3n) is 4.92. The van der Waals surface area contributed by atoms with E-state index in [9.17, 15) is 18.0 Å². The molecule has 2 rings (SSSR count). The van der Waals surface area contributed by atoms with E-state index in [2.05, 4.69) is 26.1 Å². The predicted octanol–water partition coefficient (Wildman–Crippen LogP) is 3.40. The molecule has 1 aliphatic carbocycles. The maximum Gasteiger partial charge on any atom is 0.428 e. The fraction of sp³-hybridized carbons (Fsp3) is 0.533. The van der Waals surface area contributed by atoms with Gasteiger partial charge in [0.2, 0.25) is 5.60 Å². The van der Waals surface area contributed by atoms with Crippen LogP contribution >= 0.6 is 15.9 Å².